The Balaban J connectivity index is 0.000000260. The van der Waals surface area contributed by atoms with E-state index in [-0.39, 0.29) is 24.0 Å². The largest absolute Gasteiger partial charge is 0.393 e. The zero-order valence-electron chi connectivity index (χ0n) is 17.1. The van der Waals surface area contributed by atoms with E-state index >= 15 is 0 Å². The highest BCUT2D eigenvalue weighted by molar-refractivity contribution is 5.19. The molecule has 26 heavy (non-hydrogen) atoms. The van der Waals surface area contributed by atoms with Crippen molar-refractivity contribution in [3.8, 4) is 24.7 Å². The van der Waals surface area contributed by atoms with Crippen LogP contribution in [0.25, 0.3) is 0 Å². The Kier molecular flexibility index (Phi) is 6.66. The molecule has 0 amide bonds. The third kappa shape index (κ3) is 3.95. The van der Waals surface area contributed by atoms with E-state index in [1.807, 2.05) is 41.5 Å². The minimum atomic E-state index is -1.08. The second-order valence-corrected chi connectivity index (χ2v) is 9.58. The summed E-state index contributed by atoms with van der Waals surface area (Å²) in [7, 11) is 0. The molecule has 2 aliphatic rings. The SMILES string of the molecule is C#C[C@@]1(O)[C@@H](C)C[C@H](O)CC1(C)C.C#C[C@]1(O)[C@H](C)C[C@@H](O)CC1(C)C. The first kappa shape index (κ1) is 23.0. The van der Waals surface area contributed by atoms with Gasteiger partial charge in [0.05, 0.1) is 12.2 Å². The van der Waals surface area contributed by atoms with Crippen molar-refractivity contribution in [2.24, 2.45) is 22.7 Å². The molecule has 4 heteroatoms. The van der Waals surface area contributed by atoms with Gasteiger partial charge in [0, 0.05) is 10.8 Å². The van der Waals surface area contributed by atoms with Crippen LogP contribution in [0.15, 0.2) is 0 Å². The van der Waals surface area contributed by atoms with Crippen molar-refractivity contribution >= 4 is 0 Å². The molecule has 0 bridgehead atoms. The highest BCUT2D eigenvalue weighted by atomic mass is 16.3. The third-order valence-electron chi connectivity index (χ3n) is 6.67. The fourth-order valence-corrected chi connectivity index (χ4v) is 4.82. The van der Waals surface area contributed by atoms with E-state index in [0.717, 1.165) is 0 Å². The van der Waals surface area contributed by atoms with Gasteiger partial charge in [0.2, 0.25) is 0 Å². The lowest BCUT2D eigenvalue weighted by Gasteiger charge is -2.48. The summed E-state index contributed by atoms with van der Waals surface area (Å²) in [5.74, 6) is 4.88. The third-order valence-corrected chi connectivity index (χ3v) is 6.67. The number of hydrogen-bond donors (Lipinski definition) is 4. The Morgan fingerprint density at radius 1 is 0.731 bits per heavy atom. The summed E-state index contributed by atoms with van der Waals surface area (Å²) in [5, 5.41) is 39.6. The number of aliphatic hydroxyl groups excluding tert-OH is 2. The van der Waals surface area contributed by atoms with Gasteiger partial charge in [0.1, 0.15) is 11.2 Å². The Morgan fingerprint density at radius 2 is 1.00 bits per heavy atom. The molecule has 0 aromatic heterocycles. The van der Waals surface area contributed by atoms with Crippen LogP contribution in [-0.2, 0) is 0 Å². The quantitative estimate of drug-likeness (QED) is 0.497. The average molecular weight is 365 g/mol. The van der Waals surface area contributed by atoms with Gasteiger partial charge < -0.3 is 20.4 Å². The van der Waals surface area contributed by atoms with Crippen LogP contribution in [0.4, 0.5) is 0 Å². The fraction of sp³-hybridized carbons (Fsp3) is 0.818. The Labute approximate surface area is 159 Å². The molecule has 148 valence electrons. The van der Waals surface area contributed by atoms with E-state index in [1.165, 1.54) is 0 Å². The van der Waals surface area contributed by atoms with Crippen LogP contribution in [-0.4, -0.2) is 43.8 Å². The van der Waals surface area contributed by atoms with Crippen molar-refractivity contribution in [1.29, 1.82) is 0 Å². The lowest BCUT2D eigenvalue weighted by Crippen LogP contribution is -2.54. The molecule has 0 saturated heterocycles. The lowest BCUT2D eigenvalue weighted by atomic mass is 9.60. The maximum atomic E-state index is 10.2. The number of hydrogen-bond acceptors (Lipinski definition) is 4. The molecule has 2 saturated carbocycles. The second-order valence-electron chi connectivity index (χ2n) is 9.58. The zero-order chi connectivity index (χ0) is 20.6. The molecule has 2 rings (SSSR count). The summed E-state index contributed by atoms with van der Waals surface area (Å²) in [6.45, 7) is 11.4. The molecule has 0 heterocycles. The molecule has 6 atom stereocenters. The molecule has 2 fully saturated rings. The first-order valence-corrected chi connectivity index (χ1v) is 9.43. The Hall–Kier alpha value is -1.04. The van der Waals surface area contributed by atoms with Crippen LogP contribution in [0.2, 0.25) is 0 Å². The van der Waals surface area contributed by atoms with Crippen LogP contribution in [0.3, 0.4) is 0 Å². The molecule has 0 aliphatic heterocycles. The number of terminal acetylenes is 2. The molecule has 0 radical (unpaired) electrons. The number of aliphatic hydroxyl groups is 4. The molecule has 0 aromatic carbocycles. The van der Waals surface area contributed by atoms with Crippen LogP contribution in [0.1, 0.15) is 67.2 Å². The van der Waals surface area contributed by atoms with Crippen molar-refractivity contribution in [3.05, 3.63) is 0 Å². The average Bonchev–Trinajstić information content (AvgIpc) is 2.49. The van der Waals surface area contributed by atoms with Crippen molar-refractivity contribution in [3.63, 3.8) is 0 Å². The predicted octanol–water partition coefficient (Wildman–Crippen LogP) is 2.34. The van der Waals surface area contributed by atoms with E-state index < -0.39 is 22.0 Å². The van der Waals surface area contributed by atoms with Crippen LogP contribution in [0.5, 0.6) is 0 Å². The Morgan fingerprint density at radius 3 is 1.19 bits per heavy atom. The van der Waals surface area contributed by atoms with Crippen molar-refractivity contribution < 1.29 is 20.4 Å². The summed E-state index contributed by atoms with van der Waals surface area (Å²) in [6.07, 6.45) is 12.4. The molecule has 4 N–H and O–H groups in total. The summed E-state index contributed by atoms with van der Waals surface area (Å²) in [5.41, 5.74) is -2.96. The van der Waals surface area contributed by atoms with Crippen LogP contribution >= 0.6 is 0 Å². The van der Waals surface area contributed by atoms with Gasteiger partial charge >= 0.3 is 0 Å². The molecule has 0 spiro atoms. The standard InChI is InChI=1S/2C11H18O2/c2*1-5-11(13)8(2)6-9(12)7-10(11,3)4/h2*1,8-9,12-13H,6-7H2,2-4H3/t2*8-,9-,11+/m10/s1. The first-order valence-electron chi connectivity index (χ1n) is 9.43. The van der Waals surface area contributed by atoms with Gasteiger partial charge in [0.25, 0.3) is 0 Å². The summed E-state index contributed by atoms with van der Waals surface area (Å²) < 4.78 is 0. The van der Waals surface area contributed by atoms with Gasteiger partial charge in [-0.15, -0.1) is 12.8 Å². The van der Waals surface area contributed by atoms with E-state index in [2.05, 4.69) is 11.8 Å². The van der Waals surface area contributed by atoms with E-state index in [0.29, 0.717) is 25.7 Å². The summed E-state index contributed by atoms with van der Waals surface area (Å²) in [4.78, 5) is 0. The smallest absolute Gasteiger partial charge is 0.132 e. The summed E-state index contributed by atoms with van der Waals surface area (Å²) >= 11 is 0. The maximum absolute atomic E-state index is 10.2. The molecule has 0 aromatic rings. The highest BCUT2D eigenvalue weighted by Crippen LogP contribution is 2.47. The number of rotatable bonds is 0. The van der Waals surface area contributed by atoms with Gasteiger partial charge in [0.15, 0.2) is 0 Å². The lowest BCUT2D eigenvalue weighted by molar-refractivity contribution is -0.120. The van der Waals surface area contributed by atoms with E-state index in [4.69, 9.17) is 12.8 Å². The molecule has 4 nitrogen and oxygen atoms in total. The van der Waals surface area contributed by atoms with Gasteiger partial charge in [-0.1, -0.05) is 53.4 Å². The fourth-order valence-electron chi connectivity index (χ4n) is 4.82. The van der Waals surface area contributed by atoms with Gasteiger partial charge in [-0.25, -0.2) is 0 Å². The minimum absolute atomic E-state index is 0.0451. The maximum Gasteiger partial charge on any atom is 0.132 e. The molecule has 0 unspecified atom stereocenters. The zero-order valence-corrected chi connectivity index (χ0v) is 17.1. The second kappa shape index (κ2) is 7.53. The van der Waals surface area contributed by atoms with E-state index in [1.54, 1.807) is 0 Å². The van der Waals surface area contributed by atoms with Gasteiger partial charge in [-0.05, 0) is 37.5 Å². The molecular weight excluding hydrogens is 328 g/mol. The first-order chi connectivity index (χ1) is 11.7. The predicted molar refractivity (Wildman–Crippen MR) is 104 cm³/mol. The van der Waals surface area contributed by atoms with Crippen LogP contribution < -0.4 is 0 Å². The topological polar surface area (TPSA) is 80.9 Å². The van der Waals surface area contributed by atoms with Crippen molar-refractivity contribution in [2.75, 3.05) is 0 Å². The van der Waals surface area contributed by atoms with Gasteiger partial charge in [-0.3, -0.25) is 0 Å². The minimum Gasteiger partial charge on any atom is -0.393 e. The van der Waals surface area contributed by atoms with Crippen molar-refractivity contribution in [1.82, 2.24) is 0 Å². The Bertz CT molecular complexity index is 530. The molecule has 2 aliphatic carbocycles. The van der Waals surface area contributed by atoms with Gasteiger partial charge in [-0.2, -0.15) is 0 Å². The molecular formula is C22H36O4. The normalized spacial score (nSPS) is 44.0. The van der Waals surface area contributed by atoms with Crippen LogP contribution in [0, 0.1) is 47.4 Å². The highest BCUT2D eigenvalue weighted by Gasteiger charge is 2.52. The monoisotopic (exact) mass is 364 g/mol. The van der Waals surface area contributed by atoms with E-state index in [9.17, 15) is 20.4 Å². The van der Waals surface area contributed by atoms with Crippen molar-refractivity contribution in [2.45, 2.75) is 90.6 Å². The summed E-state index contributed by atoms with van der Waals surface area (Å²) in [6, 6.07) is 0.